The predicted octanol–water partition coefficient (Wildman–Crippen LogP) is 1.32. The van der Waals surface area contributed by atoms with Gasteiger partial charge < -0.3 is 10.0 Å². The third-order valence-corrected chi connectivity index (χ3v) is 4.39. The predicted molar refractivity (Wildman–Crippen MR) is 66.5 cm³/mol. The van der Waals surface area contributed by atoms with Gasteiger partial charge in [0.2, 0.25) is 0 Å². The number of aliphatic hydroxyl groups excluding tert-OH is 1. The maximum absolute atomic E-state index is 10.1. The molecule has 0 aromatic rings. The summed E-state index contributed by atoms with van der Waals surface area (Å²) in [5.74, 6) is 0. The van der Waals surface area contributed by atoms with E-state index < -0.39 is 0 Å². The molecule has 3 atom stereocenters. The quantitative estimate of drug-likeness (QED) is 0.769. The van der Waals surface area contributed by atoms with E-state index in [1.807, 2.05) is 0 Å². The highest BCUT2D eigenvalue weighted by Crippen LogP contribution is 2.26. The van der Waals surface area contributed by atoms with Crippen LogP contribution in [0.5, 0.6) is 0 Å². The zero-order valence-corrected chi connectivity index (χ0v) is 10.7. The fourth-order valence-electron chi connectivity index (χ4n) is 3.31. The summed E-state index contributed by atoms with van der Waals surface area (Å²) in [6.07, 6.45) is 7.17. The Morgan fingerprint density at radius 3 is 2.56 bits per heavy atom. The Morgan fingerprint density at radius 2 is 1.88 bits per heavy atom. The first-order chi connectivity index (χ1) is 7.68. The lowest BCUT2D eigenvalue weighted by Gasteiger charge is -2.43. The molecule has 2 fully saturated rings. The topological polar surface area (TPSA) is 26.7 Å². The molecule has 0 amide bonds. The molecule has 1 saturated heterocycles. The SMILES string of the molecule is CN1CCCC(N(C)[C@H]2CCCC[C@@H]2O)C1. The molecule has 0 bridgehead atoms. The van der Waals surface area contributed by atoms with Crippen LogP contribution in [0, 0.1) is 0 Å². The molecule has 94 valence electrons. The number of aliphatic hydroxyl groups is 1. The number of hydrogen-bond donors (Lipinski definition) is 1. The molecule has 1 aliphatic carbocycles. The Bertz CT molecular complexity index is 222. The Morgan fingerprint density at radius 1 is 1.12 bits per heavy atom. The van der Waals surface area contributed by atoms with Gasteiger partial charge in [0.15, 0.2) is 0 Å². The second kappa shape index (κ2) is 5.48. The summed E-state index contributed by atoms with van der Waals surface area (Å²) < 4.78 is 0. The van der Waals surface area contributed by atoms with Gasteiger partial charge in [-0.2, -0.15) is 0 Å². The molecule has 2 aliphatic rings. The summed E-state index contributed by atoms with van der Waals surface area (Å²) in [6, 6.07) is 1.06. The average molecular weight is 226 g/mol. The van der Waals surface area contributed by atoms with Crippen LogP contribution in [0.15, 0.2) is 0 Å². The Balaban J connectivity index is 1.91. The van der Waals surface area contributed by atoms with E-state index in [2.05, 4.69) is 23.9 Å². The summed E-state index contributed by atoms with van der Waals surface area (Å²) in [4.78, 5) is 4.87. The molecule has 1 saturated carbocycles. The molecule has 1 N–H and O–H groups in total. The Hall–Kier alpha value is -0.120. The lowest BCUT2D eigenvalue weighted by molar-refractivity contribution is -0.00252. The number of piperidine rings is 1. The number of rotatable bonds is 2. The molecule has 16 heavy (non-hydrogen) atoms. The lowest BCUT2D eigenvalue weighted by atomic mass is 9.90. The highest BCUT2D eigenvalue weighted by molar-refractivity contribution is 4.87. The maximum Gasteiger partial charge on any atom is 0.0695 e. The van der Waals surface area contributed by atoms with Gasteiger partial charge in [0.25, 0.3) is 0 Å². The van der Waals surface area contributed by atoms with Gasteiger partial charge in [0, 0.05) is 18.6 Å². The zero-order chi connectivity index (χ0) is 11.5. The molecule has 0 radical (unpaired) electrons. The van der Waals surface area contributed by atoms with Crippen LogP contribution in [0.25, 0.3) is 0 Å². The Labute approximate surface area is 99.4 Å². The van der Waals surface area contributed by atoms with Crippen LogP contribution >= 0.6 is 0 Å². The van der Waals surface area contributed by atoms with E-state index in [1.165, 1.54) is 45.2 Å². The standard InChI is InChI=1S/C13H26N2O/c1-14-9-5-6-11(10-14)15(2)12-7-3-4-8-13(12)16/h11-13,16H,3-10H2,1-2H3/t11?,12-,13-/m0/s1. The van der Waals surface area contributed by atoms with E-state index in [9.17, 15) is 5.11 Å². The normalized spacial score (nSPS) is 37.9. The monoisotopic (exact) mass is 226 g/mol. The van der Waals surface area contributed by atoms with Crippen LogP contribution < -0.4 is 0 Å². The fraction of sp³-hybridized carbons (Fsp3) is 1.00. The van der Waals surface area contributed by atoms with Crippen molar-refractivity contribution >= 4 is 0 Å². The Kier molecular flexibility index (Phi) is 4.22. The summed E-state index contributed by atoms with van der Waals surface area (Å²) in [5.41, 5.74) is 0. The molecule has 0 spiro atoms. The molecule has 2 rings (SSSR count). The van der Waals surface area contributed by atoms with Crippen molar-refractivity contribution < 1.29 is 5.11 Å². The van der Waals surface area contributed by atoms with Gasteiger partial charge in [-0.3, -0.25) is 4.90 Å². The van der Waals surface area contributed by atoms with E-state index >= 15 is 0 Å². The smallest absolute Gasteiger partial charge is 0.0695 e. The van der Waals surface area contributed by atoms with Gasteiger partial charge in [0.05, 0.1) is 6.10 Å². The minimum atomic E-state index is -0.0917. The van der Waals surface area contributed by atoms with Crippen molar-refractivity contribution in [1.82, 2.24) is 9.80 Å². The first-order valence-electron chi connectivity index (χ1n) is 6.77. The van der Waals surface area contributed by atoms with Crippen molar-refractivity contribution in [2.45, 2.75) is 56.7 Å². The first kappa shape index (κ1) is 12.3. The van der Waals surface area contributed by atoms with Gasteiger partial charge in [0.1, 0.15) is 0 Å². The third kappa shape index (κ3) is 2.76. The van der Waals surface area contributed by atoms with Crippen LogP contribution in [-0.4, -0.2) is 60.3 Å². The summed E-state index contributed by atoms with van der Waals surface area (Å²) >= 11 is 0. The highest BCUT2D eigenvalue weighted by atomic mass is 16.3. The molecule has 3 heteroatoms. The van der Waals surface area contributed by atoms with Crippen molar-refractivity contribution in [2.24, 2.45) is 0 Å². The number of nitrogens with zero attached hydrogens (tertiary/aromatic N) is 2. The van der Waals surface area contributed by atoms with Crippen molar-refractivity contribution in [3.8, 4) is 0 Å². The van der Waals surface area contributed by atoms with Gasteiger partial charge in [-0.25, -0.2) is 0 Å². The summed E-state index contributed by atoms with van der Waals surface area (Å²) in [6.45, 7) is 2.40. The average Bonchev–Trinajstić information content (AvgIpc) is 2.29. The minimum absolute atomic E-state index is 0.0917. The van der Waals surface area contributed by atoms with Crippen molar-refractivity contribution in [3.63, 3.8) is 0 Å². The van der Waals surface area contributed by atoms with Crippen molar-refractivity contribution in [2.75, 3.05) is 27.2 Å². The molecule has 1 heterocycles. The maximum atomic E-state index is 10.1. The molecule has 0 aromatic heterocycles. The van der Waals surface area contributed by atoms with E-state index in [1.54, 1.807) is 0 Å². The van der Waals surface area contributed by atoms with Gasteiger partial charge >= 0.3 is 0 Å². The second-order valence-corrected chi connectivity index (χ2v) is 5.64. The highest BCUT2D eigenvalue weighted by Gasteiger charge is 2.31. The van der Waals surface area contributed by atoms with Crippen LogP contribution in [0.4, 0.5) is 0 Å². The zero-order valence-electron chi connectivity index (χ0n) is 10.7. The fourth-order valence-corrected chi connectivity index (χ4v) is 3.31. The van der Waals surface area contributed by atoms with E-state index in [0.717, 1.165) is 6.42 Å². The molecular weight excluding hydrogens is 200 g/mol. The molecule has 3 nitrogen and oxygen atoms in total. The molecule has 1 unspecified atom stereocenters. The third-order valence-electron chi connectivity index (χ3n) is 4.39. The second-order valence-electron chi connectivity index (χ2n) is 5.64. The summed E-state index contributed by atoms with van der Waals surface area (Å²) in [7, 11) is 4.42. The molecule has 0 aromatic carbocycles. The van der Waals surface area contributed by atoms with E-state index in [-0.39, 0.29) is 6.10 Å². The van der Waals surface area contributed by atoms with Crippen LogP contribution in [0.1, 0.15) is 38.5 Å². The van der Waals surface area contributed by atoms with Crippen LogP contribution in [0.3, 0.4) is 0 Å². The van der Waals surface area contributed by atoms with Crippen molar-refractivity contribution in [3.05, 3.63) is 0 Å². The van der Waals surface area contributed by atoms with Crippen LogP contribution in [-0.2, 0) is 0 Å². The number of likely N-dealkylation sites (N-methyl/N-ethyl adjacent to an activating group) is 2. The number of likely N-dealkylation sites (tertiary alicyclic amines) is 1. The lowest BCUT2D eigenvalue weighted by Crippen LogP contribution is -2.53. The summed E-state index contributed by atoms with van der Waals surface area (Å²) in [5, 5.41) is 10.1. The molecular formula is C13H26N2O. The first-order valence-corrected chi connectivity index (χ1v) is 6.77. The minimum Gasteiger partial charge on any atom is -0.391 e. The van der Waals surface area contributed by atoms with Crippen molar-refractivity contribution in [1.29, 1.82) is 0 Å². The van der Waals surface area contributed by atoms with Gasteiger partial charge in [-0.1, -0.05) is 12.8 Å². The largest absolute Gasteiger partial charge is 0.391 e. The number of hydrogen-bond acceptors (Lipinski definition) is 3. The van der Waals surface area contributed by atoms with E-state index in [0.29, 0.717) is 12.1 Å². The van der Waals surface area contributed by atoms with E-state index in [4.69, 9.17) is 0 Å². The van der Waals surface area contributed by atoms with Gasteiger partial charge in [-0.05, 0) is 46.3 Å². The molecule has 1 aliphatic heterocycles. The van der Waals surface area contributed by atoms with Gasteiger partial charge in [-0.15, -0.1) is 0 Å². The van der Waals surface area contributed by atoms with Crippen LogP contribution in [0.2, 0.25) is 0 Å².